The predicted molar refractivity (Wildman–Crippen MR) is 110 cm³/mol. The van der Waals surface area contributed by atoms with Crippen LogP contribution in [0.25, 0.3) is 0 Å². The molecule has 1 aliphatic heterocycles. The predicted octanol–water partition coefficient (Wildman–Crippen LogP) is 2.32. The molecule has 0 bridgehead atoms. The number of Topliss-reactive ketones (excluding diaryl/α,β-unsaturated/α-hetero) is 1. The van der Waals surface area contributed by atoms with Crippen molar-refractivity contribution < 1.29 is 14.3 Å². The molecule has 28 heavy (non-hydrogen) atoms. The van der Waals surface area contributed by atoms with E-state index in [1.165, 1.54) is 0 Å². The van der Waals surface area contributed by atoms with E-state index < -0.39 is 0 Å². The summed E-state index contributed by atoms with van der Waals surface area (Å²) in [5, 5.41) is 0. The Morgan fingerprint density at radius 1 is 1.14 bits per heavy atom. The highest BCUT2D eigenvalue weighted by atomic mass is 16.5. The molecule has 1 aromatic carbocycles. The monoisotopic (exact) mass is 387 g/mol. The van der Waals surface area contributed by atoms with E-state index in [-0.39, 0.29) is 23.7 Å². The Morgan fingerprint density at radius 2 is 1.89 bits per heavy atom. The Hall–Kier alpha value is -1.92. The maximum atomic E-state index is 12.3. The second-order valence-electron chi connectivity index (χ2n) is 7.90. The molecule has 0 radical (unpaired) electrons. The Morgan fingerprint density at radius 3 is 2.57 bits per heavy atom. The number of rotatable bonds is 9. The van der Waals surface area contributed by atoms with E-state index in [9.17, 15) is 9.59 Å². The first kappa shape index (κ1) is 20.8. The van der Waals surface area contributed by atoms with Gasteiger partial charge in [0.25, 0.3) is 0 Å². The molecule has 2 aliphatic rings. The number of nitrogens with zero attached hydrogens (tertiary/aromatic N) is 2. The molecule has 1 amide bonds. The van der Waals surface area contributed by atoms with E-state index in [0.717, 1.165) is 69.7 Å². The summed E-state index contributed by atoms with van der Waals surface area (Å²) in [6.45, 7) is 7.00. The van der Waals surface area contributed by atoms with Gasteiger partial charge in [-0.05, 0) is 62.9 Å². The average molecular weight is 388 g/mol. The van der Waals surface area contributed by atoms with Crippen LogP contribution in [0.1, 0.15) is 49.4 Å². The fraction of sp³-hybridized carbons (Fsp3) is 0.636. The molecule has 1 aromatic rings. The minimum Gasteiger partial charge on any atom is -0.494 e. The molecular formula is C22H33N3O3. The van der Waals surface area contributed by atoms with Crippen LogP contribution in [0.3, 0.4) is 0 Å². The number of hydrogen-bond donors (Lipinski definition) is 1. The second kappa shape index (κ2) is 10.0. The summed E-state index contributed by atoms with van der Waals surface area (Å²) < 4.78 is 5.83. The van der Waals surface area contributed by atoms with Crippen molar-refractivity contribution in [2.24, 2.45) is 11.7 Å². The van der Waals surface area contributed by atoms with Crippen molar-refractivity contribution in [3.63, 3.8) is 0 Å². The van der Waals surface area contributed by atoms with Gasteiger partial charge in [0.1, 0.15) is 5.75 Å². The molecule has 2 fully saturated rings. The van der Waals surface area contributed by atoms with E-state index in [0.29, 0.717) is 13.0 Å². The lowest BCUT2D eigenvalue weighted by Crippen LogP contribution is -2.45. The van der Waals surface area contributed by atoms with Gasteiger partial charge in [-0.25, -0.2) is 0 Å². The molecule has 1 unspecified atom stereocenters. The van der Waals surface area contributed by atoms with Gasteiger partial charge in [0.2, 0.25) is 5.91 Å². The highest BCUT2D eigenvalue weighted by Crippen LogP contribution is 2.32. The summed E-state index contributed by atoms with van der Waals surface area (Å²) in [6, 6.07) is 7.16. The normalized spacial score (nSPS) is 19.1. The highest BCUT2D eigenvalue weighted by molar-refractivity contribution is 5.99. The number of ketones is 1. The molecule has 1 saturated carbocycles. The van der Waals surface area contributed by atoms with Gasteiger partial charge in [-0.15, -0.1) is 0 Å². The number of carbonyl (C=O) groups is 2. The molecule has 0 aromatic heterocycles. The Balaban J connectivity index is 1.35. The van der Waals surface area contributed by atoms with Crippen LogP contribution < -0.4 is 10.5 Å². The first-order valence-corrected chi connectivity index (χ1v) is 10.6. The van der Waals surface area contributed by atoms with Gasteiger partial charge in [-0.2, -0.15) is 0 Å². The Kier molecular flexibility index (Phi) is 7.45. The van der Waals surface area contributed by atoms with Crippen molar-refractivity contribution in [1.82, 2.24) is 9.80 Å². The van der Waals surface area contributed by atoms with Gasteiger partial charge in [0.05, 0.1) is 12.6 Å². The number of hydrogen-bond acceptors (Lipinski definition) is 5. The standard InChI is InChI=1S/C22H33N3O3/c1-2-20(23)22(27)25-13-3-11-24(14-15-25)12-4-16-28-19-9-7-18(8-10-19)21(26)17-5-6-17/h7-10,17,20H,2-6,11-16,23H2,1H3. The fourth-order valence-corrected chi connectivity index (χ4v) is 3.60. The van der Waals surface area contributed by atoms with E-state index in [4.69, 9.17) is 10.5 Å². The van der Waals surface area contributed by atoms with Gasteiger partial charge >= 0.3 is 0 Å². The number of nitrogens with two attached hydrogens (primary N) is 1. The summed E-state index contributed by atoms with van der Waals surface area (Å²) in [4.78, 5) is 28.6. The van der Waals surface area contributed by atoms with Crippen LogP contribution in [0, 0.1) is 5.92 Å². The maximum Gasteiger partial charge on any atom is 0.239 e. The minimum atomic E-state index is -0.370. The Labute approximate surface area is 168 Å². The van der Waals surface area contributed by atoms with E-state index in [1.807, 2.05) is 36.1 Å². The lowest BCUT2D eigenvalue weighted by molar-refractivity contribution is -0.132. The fourth-order valence-electron chi connectivity index (χ4n) is 3.60. The number of ether oxygens (including phenoxy) is 1. The third kappa shape index (κ3) is 5.79. The van der Waals surface area contributed by atoms with Crippen LogP contribution in [0.5, 0.6) is 5.75 Å². The maximum absolute atomic E-state index is 12.3. The highest BCUT2D eigenvalue weighted by Gasteiger charge is 2.30. The molecule has 1 atom stereocenters. The van der Waals surface area contributed by atoms with E-state index in [1.54, 1.807) is 0 Å². The minimum absolute atomic E-state index is 0.0799. The van der Waals surface area contributed by atoms with Crippen LogP contribution in [-0.2, 0) is 4.79 Å². The van der Waals surface area contributed by atoms with Gasteiger partial charge in [0, 0.05) is 37.7 Å². The molecule has 6 nitrogen and oxygen atoms in total. The third-order valence-corrected chi connectivity index (χ3v) is 5.63. The van der Waals surface area contributed by atoms with Gasteiger partial charge in [0.15, 0.2) is 5.78 Å². The van der Waals surface area contributed by atoms with Crippen LogP contribution in [0.4, 0.5) is 0 Å². The zero-order chi connectivity index (χ0) is 19.9. The summed E-state index contributed by atoms with van der Waals surface area (Å²) in [6.07, 6.45) is 4.67. The van der Waals surface area contributed by atoms with Crippen LogP contribution in [0.2, 0.25) is 0 Å². The van der Waals surface area contributed by atoms with Gasteiger partial charge in [-0.1, -0.05) is 6.92 Å². The van der Waals surface area contributed by atoms with Crippen molar-refractivity contribution in [3.05, 3.63) is 29.8 Å². The molecule has 1 saturated heterocycles. The first-order chi connectivity index (χ1) is 13.6. The number of amides is 1. The number of carbonyl (C=O) groups excluding carboxylic acids is 2. The summed E-state index contributed by atoms with van der Waals surface area (Å²) in [5.41, 5.74) is 6.68. The lowest BCUT2D eigenvalue weighted by Gasteiger charge is -2.24. The third-order valence-electron chi connectivity index (χ3n) is 5.63. The van der Waals surface area contributed by atoms with Crippen molar-refractivity contribution in [1.29, 1.82) is 0 Å². The SMILES string of the molecule is CCC(N)C(=O)N1CCCN(CCCOc2ccc(C(=O)C3CC3)cc2)CC1. The smallest absolute Gasteiger partial charge is 0.239 e. The van der Waals surface area contributed by atoms with Crippen molar-refractivity contribution in [2.45, 2.75) is 45.1 Å². The molecular weight excluding hydrogens is 354 g/mol. The first-order valence-electron chi connectivity index (χ1n) is 10.6. The van der Waals surface area contributed by atoms with Gasteiger partial charge in [-0.3, -0.25) is 9.59 Å². The van der Waals surface area contributed by atoms with Crippen LogP contribution >= 0.6 is 0 Å². The Bertz CT molecular complexity index is 657. The quantitative estimate of drug-likeness (QED) is 0.520. The average Bonchev–Trinajstić information content (AvgIpc) is 3.57. The van der Waals surface area contributed by atoms with Crippen LogP contribution in [-0.4, -0.2) is 66.9 Å². The van der Waals surface area contributed by atoms with E-state index in [2.05, 4.69) is 4.90 Å². The summed E-state index contributed by atoms with van der Waals surface area (Å²) >= 11 is 0. The zero-order valence-electron chi connectivity index (χ0n) is 16.9. The summed E-state index contributed by atoms with van der Waals surface area (Å²) in [7, 11) is 0. The number of benzene rings is 1. The summed E-state index contributed by atoms with van der Waals surface area (Å²) in [5.74, 6) is 1.41. The second-order valence-corrected chi connectivity index (χ2v) is 7.90. The molecule has 154 valence electrons. The van der Waals surface area contributed by atoms with E-state index >= 15 is 0 Å². The molecule has 0 spiro atoms. The topological polar surface area (TPSA) is 75.9 Å². The largest absolute Gasteiger partial charge is 0.494 e. The molecule has 2 N–H and O–H groups in total. The van der Waals surface area contributed by atoms with Crippen LogP contribution in [0.15, 0.2) is 24.3 Å². The molecule has 3 rings (SSSR count). The zero-order valence-corrected chi connectivity index (χ0v) is 16.9. The van der Waals surface area contributed by atoms with Gasteiger partial charge < -0.3 is 20.3 Å². The molecule has 1 aliphatic carbocycles. The van der Waals surface area contributed by atoms with Crippen molar-refractivity contribution in [3.8, 4) is 5.75 Å². The molecule has 6 heteroatoms. The lowest BCUT2D eigenvalue weighted by atomic mass is 10.1. The molecule has 1 heterocycles. The van der Waals surface area contributed by atoms with Crippen molar-refractivity contribution >= 4 is 11.7 Å². The van der Waals surface area contributed by atoms with Crippen molar-refractivity contribution in [2.75, 3.05) is 39.3 Å².